The number of rotatable bonds is 1. The summed E-state index contributed by atoms with van der Waals surface area (Å²) >= 11 is 0. The van der Waals surface area contributed by atoms with Crippen molar-refractivity contribution in [1.82, 2.24) is 4.98 Å². The summed E-state index contributed by atoms with van der Waals surface area (Å²) in [7, 11) is 0. The van der Waals surface area contributed by atoms with E-state index in [9.17, 15) is 0 Å². The lowest BCUT2D eigenvalue weighted by Crippen LogP contribution is -1.98. The molecule has 58 valence electrons. The van der Waals surface area contributed by atoms with Crippen molar-refractivity contribution in [3.05, 3.63) is 18.0 Å². The normalized spacial score (nSPS) is 13.5. The third-order valence-corrected chi connectivity index (χ3v) is 1.88. The van der Waals surface area contributed by atoms with Crippen molar-refractivity contribution in [3.63, 3.8) is 0 Å². The Bertz CT molecular complexity index is 270. The van der Waals surface area contributed by atoms with Crippen molar-refractivity contribution < 1.29 is 0 Å². The number of pyridine rings is 1. The van der Waals surface area contributed by atoms with Gasteiger partial charge in [-0.3, -0.25) is 4.98 Å². The topological polar surface area (TPSA) is 37.0 Å². The Hall–Kier alpha value is -1.25. The zero-order chi connectivity index (χ0) is 7.68. The van der Waals surface area contributed by atoms with Crippen molar-refractivity contribution in [1.29, 1.82) is 0 Å². The predicted molar refractivity (Wildman–Crippen MR) is 45.7 cm³/mol. The van der Waals surface area contributed by atoms with Gasteiger partial charge in [0.2, 0.25) is 0 Å². The molecule has 0 spiro atoms. The summed E-state index contributed by atoms with van der Waals surface area (Å²) < 4.78 is 0. The van der Waals surface area contributed by atoms with E-state index in [1.54, 1.807) is 0 Å². The fraction of sp³-hybridized carbons (Fsp3) is 0.375. The minimum atomic E-state index is 0.824. The Kier molecular flexibility index (Phi) is 1.42. The van der Waals surface area contributed by atoms with Crippen molar-refractivity contribution in [2.24, 2.45) is 0 Å². The van der Waals surface area contributed by atoms with E-state index in [0.29, 0.717) is 0 Å². The summed E-state index contributed by atoms with van der Waals surface area (Å²) in [6.07, 6.45) is 2.88. The maximum absolute atomic E-state index is 4.27. The van der Waals surface area contributed by atoms with Crippen LogP contribution in [0.2, 0.25) is 0 Å². The molecule has 0 atom stereocenters. The van der Waals surface area contributed by atoms with Crippen LogP contribution < -0.4 is 10.6 Å². The van der Waals surface area contributed by atoms with Gasteiger partial charge in [0.15, 0.2) is 0 Å². The highest BCUT2D eigenvalue weighted by atomic mass is 15.1. The summed E-state index contributed by atoms with van der Waals surface area (Å²) in [6.45, 7) is 2.93. The average molecular weight is 149 g/mol. The third kappa shape index (κ3) is 1.02. The number of aromatic nitrogens is 1. The van der Waals surface area contributed by atoms with Crippen LogP contribution in [0.25, 0.3) is 0 Å². The minimum Gasteiger partial charge on any atom is -0.366 e. The van der Waals surface area contributed by atoms with Gasteiger partial charge < -0.3 is 10.6 Å². The number of aryl methyl sites for hydroxylation is 1. The molecule has 1 aliphatic rings. The molecule has 0 fully saturated rings. The van der Waals surface area contributed by atoms with Gasteiger partial charge in [-0.2, -0.15) is 0 Å². The van der Waals surface area contributed by atoms with E-state index in [0.717, 1.165) is 24.5 Å². The van der Waals surface area contributed by atoms with Crippen LogP contribution in [0.1, 0.15) is 12.6 Å². The molecule has 0 aliphatic carbocycles. The van der Waals surface area contributed by atoms with Crippen molar-refractivity contribution in [2.75, 3.05) is 17.3 Å². The van der Waals surface area contributed by atoms with E-state index < -0.39 is 0 Å². The van der Waals surface area contributed by atoms with E-state index in [4.69, 9.17) is 0 Å². The largest absolute Gasteiger partial charge is 0.366 e. The molecule has 11 heavy (non-hydrogen) atoms. The molecular weight excluding hydrogens is 138 g/mol. The quantitative estimate of drug-likeness (QED) is 0.634. The number of nitrogens with zero attached hydrogens (tertiary/aromatic N) is 1. The molecule has 1 aromatic rings. The Morgan fingerprint density at radius 1 is 1.45 bits per heavy atom. The van der Waals surface area contributed by atoms with E-state index in [-0.39, 0.29) is 0 Å². The highest BCUT2D eigenvalue weighted by Crippen LogP contribution is 2.25. The van der Waals surface area contributed by atoms with Gasteiger partial charge in [0, 0.05) is 5.69 Å². The first-order valence-electron chi connectivity index (χ1n) is 3.87. The van der Waals surface area contributed by atoms with Crippen molar-refractivity contribution in [3.8, 4) is 0 Å². The number of hydrogen-bond donors (Lipinski definition) is 2. The van der Waals surface area contributed by atoms with E-state index in [2.05, 4.69) is 28.6 Å². The van der Waals surface area contributed by atoms with Crippen LogP contribution in [0.4, 0.5) is 11.4 Å². The van der Waals surface area contributed by atoms with Gasteiger partial charge in [-0.15, -0.1) is 0 Å². The first-order valence-corrected chi connectivity index (χ1v) is 3.87. The molecule has 0 radical (unpaired) electrons. The molecular formula is C8H11N3. The van der Waals surface area contributed by atoms with Gasteiger partial charge in [0.05, 0.1) is 24.2 Å². The summed E-state index contributed by atoms with van der Waals surface area (Å²) in [5, 5.41) is 6.40. The smallest absolute Gasteiger partial charge is 0.0851 e. The van der Waals surface area contributed by atoms with Crippen LogP contribution >= 0.6 is 0 Å². The third-order valence-electron chi connectivity index (χ3n) is 1.88. The average Bonchev–Trinajstić information content (AvgIpc) is 2.50. The van der Waals surface area contributed by atoms with Crippen LogP contribution in [0.5, 0.6) is 0 Å². The zero-order valence-electron chi connectivity index (χ0n) is 6.52. The summed E-state index contributed by atoms with van der Waals surface area (Å²) in [4.78, 5) is 4.27. The van der Waals surface area contributed by atoms with Gasteiger partial charge in [-0.05, 0) is 12.5 Å². The molecule has 2 N–H and O–H groups in total. The zero-order valence-corrected chi connectivity index (χ0v) is 6.52. The molecule has 0 saturated carbocycles. The molecule has 1 aliphatic heterocycles. The summed E-state index contributed by atoms with van der Waals surface area (Å²) in [6, 6.07) is 2.09. The number of hydrogen-bond acceptors (Lipinski definition) is 3. The maximum atomic E-state index is 4.27. The first-order chi connectivity index (χ1) is 5.40. The second-order valence-electron chi connectivity index (χ2n) is 2.61. The monoisotopic (exact) mass is 149 g/mol. The molecule has 0 unspecified atom stereocenters. The SMILES string of the molecule is CCc1cc2c(cn1)NCN2. The van der Waals surface area contributed by atoms with Crippen LogP contribution in [0, 0.1) is 0 Å². The number of fused-ring (bicyclic) bond motifs is 1. The molecule has 0 bridgehead atoms. The molecule has 0 amide bonds. The van der Waals surface area contributed by atoms with Crippen molar-refractivity contribution in [2.45, 2.75) is 13.3 Å². The lowest BCUT2D eigenvalue weighted by molar-refractivity contribution is 1.04. The highest BCUT2D eigenvalue weighted by Gasteiger charge is 2.08. The van der Waals surface area contributed by atoms with Gasteiger partial charge in [0.25, 0.3) is 0 Å². The van der Waals surface area contributed by atoms with Gasteiger partial charge >= 0.3 is 0 Å². The molecule has 2 heterocycles. The minimum absolute atomic E-state index is 0.824. The Balaban J connectivity index is 2.41. The first kappa shape index (κ1) is 6.46. The molecule has 1 aromatic heterocycles. The Labute approximate surface area is 65.8 Å². The second-order valence-corrected chi connectivity index (χ2v) is 2.61. The van der Waals surface area contributed by atoms with Crippen LogP contribution in [-0.2, 0) is 6.42 Å². The fourth-order valence-corrected chi connectivity index (χ4v) is 1.21. The molecule has 0 aromatic carbocycles. The van der Waals surface area contributed by atoms with Crippen LogP contribution in [0.15, 0.2) is 12.3 Å². The van der Waals surface area contributed by atoms with Crippen LogP contribution in [0.3, 0.4) is 0 Å². The highest BCUT2D eigenvalue weighted by molar-refractivity contribution is 5.72. The summed E-state index contributed by atoms with van der Waals surface area (Å²) in [5.41, 5.74) is 3.43. The maximum Gasteiger partial charge on any atom is 0.0851 e. The van der Waals surface area contributed by atoms with E-state index in [1.165, 1.54) is 5.69 Å². The summed E-state index contributed by atoms with van der Waals surface area (Å²) in [5.74, 6) is 0. The standard InChI is InChI=1S/C8H11N3/c1-2-6-3-7-8(4-9-6)11-5-10-7/h3-4,10-11H,2,5H2,1H3. The van der Waals surface area contributed by atoms with E-state index >= 15 is 0 Å². The Morgan fingerprint density at radius 3 is 3.09 bits per heavy atom. The molecule has 0 saturated heterocycles. The number of nitrogens with one attached hydrogen (secondary N) is 2. The van der Waals surface area contributed by atoms with Gasteiger partial charge in [-0.25, -0.2) is 0 Å². The predicted octanol–water partition coefficient (Wildman–Crippen LogP) is 1.44. The second kappa shape index (κ2) is 2.42. The van der Waals surface area contributed by atoms with Gasteiger partial charge in [0.1, 0.15) is 0 Å². The van der Waals surface area contributed by atoms with Crippen LogP contribution in [-0.4, -0.2) is 11.7 Å². The lowest BCUT2D eigenvalue weighted by Gasteiger charge is -1.99. The fourth-order valence-electron chi connectivity index (χ4n) is 1.21. The van der Waals surface area contributed by atoms with Crippen molar-refractivity contribution >= 4 is 11.4 Å². The molecule has 2 rings (SSSR count). The molecule has 3 heteroatoms. The molecule has 3 nitrogen and oxygen atoms in total. The van der Waals surface area contributed by atoms with E-state index in [1.807, 2.05) is 6.20 Å². The Morgan fingerprint density at radius 2 is 2.27 bits per heavy atom. The van der Waals surface area contributed by atoms with Gasteiger partial charge in [-0.1, -0.05) is 6.92 Å². The number of anilines is 2. The lowest BCUT2D eigenvalue weighted by atomic mass is 10.2.